The minimum atomic E-state index is -3.21. The molecular formula is C6H6F2N2. The van der Waals surface area contributed by atoms with Crippen LogP contribution < -0.4 is 0 Å². The molecule has 0 radical (unpaired) electrons. The van der Waals surface area contributed by atoms with E-state index in [1.807, 2.05) is 0 Å². The number of rotatable bonds is 2. The molecule has 0 unspecified atom stereocenters. The molecule has 2 nitrogen and oxygen atoms in total. The maximum Gasteiger partial charge on any atom is 0.355 e. The molecule has 0 saturated carbocycles. The van der Waals surface area contributed by atoms with Crippen molar-refractivity contribution in [2.75, 3.05) is 0 Å². The fourth-order valence-electron chi connectivity index (χ4n) is 0.665. The SMILES string of the molecule is C#CC(F)(F)C1(CC)N=N1. The van der Waals surface area contributed by atoms with Gasteiger partial charge in [0.1, 0.15) is 0 Å². The quantitative estimate of drug-likeness (QED) is 0.528. The summed E-state index contributed by atoms with van der Waals surface area (Å²) in [7, 11) is 0. The van der Waals surface area contributed by atoms with Crippen LogP contribution in [0.25, 0.3) is 0 Å². The normalized spacial score (nSPS) is 20.2. The van der Waals surface area contributed by atoms with E-state index in [1.165, 1.54) is 5.92 Å². The van der Waals surface area contributed by atoms with Crippen molar-refractivity contribution in [2.45, 2.75) is 24.9 Å². The smallest absolute Gasteiger partial charge is 0.187 e. The van der Waals surface area contributed by atoms with Gasteiger partial charge in [-0.15, -0.1) is 6.42 Å². The molecule has 0 aliphatic carbocycles. The summed E-state index contributed by atoms with van der Waals surface area (Å²) in [5, 5.41) is 6.45. The minimum absolute atomic E-state index is 0.157. The molecule has 0 bridgehead atoms. The van der Waals surface area contributed by atoms with Crippen LogP contribution >= 0.6 is 0 Å². The van der Waals surface area contributed by atoms with Crippen LogP contribution in [-0.4, -0.2) is 11.6 Å². The van der Waals surface area contributed by atoms with Crippen molar-refractivity contribution in [2.24, 2.45) is 10.2 Å². The Hall–Kier alpha value is -0.980. The zero-order valence-corrected chi connectivity index (χ0v) is 5.43. The summed E-state index contributed by atoms with van der Waals surface area (Å²) in [4.78, 5) is 0. The Bertz CT molecular complexity index is 208. The number of terminal acetylenes is 1. The third-order valence-electron chi connectivity index (χ3n) is 1.52. The Labute approximate surface area is 57.3 Å². The molecule has 0 amide bonds. The van der Waals surface area contributed by atoms with E-state index < -0.39 is 11.6 Å². The van der Waals surface area contributed by atoms with E-state index in [4.69, 9.17) is 0 Å². The molecule has 1 rings (SSSR count). The first-order valence-corrected chi connectivity index (χ1v) is 2.87. The second kappa shape index (κ2) is 1.75. The van der Waals surface area contributed by atoms with Crippen LogP contribution in [0.5, 0.6) is 0 Å². The van der Waals surface area contributed by atoms with Crippen LogP contribution in [0.4, 0.5) is 8.78 Å². The lowest BCUT2D eigenvalue weighted by Gasteiger charge is -2.13. The molecule has 0 aromatic carbocycles. The zero-order chi connectivity index (χ0) is 7.83. The first-order valence-electron chi connectivity index (χ1n) is 2.87. The fourth-order valence-corrected chi connectivity index (χ4v) is 0.665. The van der Waals surface area contributed by atoms with E-state index in [1.54, 1.807) is 6.92 Å². The molecule has 0 aromatic heterocycles. The van der Waals surface area contributed by atoms with E-state index in [0.717, 1.165) is 0 Å². The highest BCUT2D eigenvalue weighted by Crippen LogP contribution is 2.45. The van der Waals surface area contributed by atoms with Gasteiger partial charge in [-0.1, -0.05) is 6.92 Å². The van der Waals surface area contributed by atoms with Crippen molar-refractivity contribution >= 4 is 0 Å². The maximum absolute atomic E-state index is 12.6. The Morgan fingerprint density at radius 2 is 2.10 bits per heavy atom. The van der Waals surface area contributed by atoms with Gasteiger partial charge in [0.05, 0.1) is 0 Å². The number of hydrogen-bond donors (Lipinski definition) is 0. The van der Waals surface area contributed by atoms with Crippen LogP contribution in [0, 0.1) is 12.3 Å². The third kappa shape index (κ3) is 0.703. The van der Waals surface area contributed by atoms with Gasteiger partial charge in [0, 0.05) is 6.42 Å². The van der Waals surface area contributed by atoms with Crippen molar-refractivity contribution in [1.29, 1.82) is 0 Å². The Kier molecular flexibility index (Phi) is 1.25. The molecule has 0 N–H and O–H groups in total. The predicted molar refractivity (Wildman–Crippen MR) is 31.7 cm³/mol. The van der Waals surface area contributed by atoms with Crippen molar-refractivity contribution < 1.29 is 8.78 Å². The summed E-state index contributed by atoms with van der Waals surface area (Å²) in [5.41, 5.74) is -1.58. The summed E-state index contributed by atoms with van der Waals surface area (Å²) < 4.78 is 25.1. The van der Waals surface area contributed by atoms with E-state index in [-0.39, 0.29) is 6.42 Å². The van der Waals surface area contributed by atoms with E-state index in [0.29, 0.717) is 0 Å². The maximum atomic E-state index is 12.6. The van der Waals surface area contributed by atoms with Gasteiger partial charge in [0.15, 0.2) is 0 Å². The Morgan fingerprint density at radius 1 is 1.60 bits per heavy atom. The third-order valence-corrected chi connectivity index (χ3v) is 1.52. The molecule has 0 fully saturated rings. The topological polar surface area (TPSA) is 24.7 Å². The molecule has 4 heteroatoms. The molecule has 1 aliphatic heterocycles. The lowest BCUT2D eigenvalue weighted by molar-refractivity contribution is 0.0149. The number of halogens is 2. The second-order valence-electron chi connectivity index (χ2n) is 2.09. The molecule has 0 atom stereocenters. The average Bonchev–Trinajstić information content (AvgIpc) is 2.67. The lowest BCUT2D eigenvalue weighted by Crippen LogP contribution is -2.34. The first-order chi connectivity index (χ1) is 4.58. The van der Waals surface area contributed by atoms with Crippen molar-refractivity contribution in [3.8, 4) is 12.3 Å². The van der Waals surface area contributed by atoms with Gasteiger partial charge in [0.2, 0.25) is 0 Å². The minimum Gasteiger partial charge on any atom is -0.187 e. The molecule has 54 valence electrons. The van der Waals surface area contributed by atoms with E-state index in [9.17, 15) is 8.78 Å². The fraction of sp³-hybridized carbons (Fsp3) is 0.667. The van der Waals surface area contributed by atoms with Gasteiger partial charge in [0.25, 0.3) is 5.66 Å². The summed E-state index contributed by atoms with van der Waals surface area (Å²) in [6, 6.07) is 0. The second-order valence-corrected chi connectivity index (χ2v) is 2.09. The van der Waals surface area contributed by atoms with Crippen LogP contribution in [0.3, 0.4) is 0 Å². The number of nitrogens with zero attached hydrogens (tertiary/aromatic N) is 2. The number of hydrogen-bond acceptors (Lipinski definition) is 2. The summed E-state index contributed by atoms with van der Waals surface area (Å²) in [5.74, 6) is -1.83. The van der Waals surface area contributed by atoms with Crippen LogP contribution in [0.1, 0.15) is 13.3 Å². The van der Waals surface area contributed by atoms with E-state index >= 15 is 0 Å². The standard InChI is InChI=1S/C6H6F2N2/c1-3-5(7,8)6(4-2)9-10-6/h1H,4H2,2H3. The van der Waals surface area contributed by atoms with Gasteiger partial charge in [-0.25, -0.2) is 0 Å². The molecular weight excluding hydrogens is 138 g/mol. The largest absolute Gasteiger partial charge is 0.355 e. The van der Waals surface area contributed by atoms with Crippen molar-refractivity contribution in [3.63, 3.8) is 0 Å². The summed E-state index contributed by atoms with van der Waals surface area (Å²) in [6.07, 6.45) is 4.74. The highest BCUT2D eigenvalue weighted by molar-refractivity contribution is 5.18. The Balaban J connectivity index is 2.75. The van der Waals surface area contributed by atoms with Gasteiger partial charge < -0.3 is 0 Å². The molecule has 0 aromatic rings. The molecule has 10 heavy (non-hydrogen) atoms. The molecule has 1 heterocycles. The predicted octanol–water partition coefficient (Wildman–Crippen LogP) is 1.83. The monoisotopic (exact) mass is 144 g/mol. The zero-order valence-electron chi connectivity index (χ0n) is 5.43. The molecule has 1 aliphatic rings. The van der Waals surface area contributed by atoms with Gasteiger partial charge in [-0.05, 0) is 5.92 Å². The first kappa shape index (κ1) is 7.13. The summed E-state index contributed by atoms with van der Waals surface area (Å²) >= 11 is 0. The van der Waals surface area contributed by atoms with Gasteiger partial charge in [-0.3, -0.25) is 0 Å². The van der Waals surface area contributed by atoms with Gasteiger partial charge >= 0.3 is 5.92 Å². The Morgan fingerprint density at radius 3 is 2.20 bits per heavy atom. The van der Waals surface area contributed by atoms with Crippen LogP contribution in [0.2, 0.25) is 0 Å². The van der Waals surface area contributed by atoms with Crippen molar-refractivity contribution in [3.05, 3.63) is 0 Å². The van der Waals surface area contributed by atoms with Crippen LogP contribution in [-0.2, 0) is 0 Å². The van der Waals surface area contributed by atoms with Crippen LogP contribution in [0.15, 0.2) is 10.2 Å². The summed E-state index contributed by atoms with van der Waals surface area (Å²) in [6.45, 7) is 1.57. The number of alkyl halides is 2. The van der Waals surface area contributed by atoms with Gasteiger partial charge in [-0.2, -0.15) is 19.0 Å². The lowest BCUT2D eigenvalue weighted by atomic mass is 10.0. The molecule has 0 saturated heterocycles. The average molecular weight is 144 g/mol. The van der Waals surface area contributed by atoms with E-state index in [2.05, 4.69) is 16.7 Å². The highest BCUT2D eigenvalue weighted by atomic mass is 19.3. The molecule has 0 spiro atoms. The van der Waals surface area contributed by atoms with Crippen molar-refractivity contribution in [1.82, 2.24) is 0 Å². The highest BCUT2D eigenvalue weighted by Gasteiger charge is 2.60.